The number of nitrogens with zero attached hydrogens (tertiary/aromatic N) is 4. The first-order valence-electron chi connectivity index (χ1n) is 7.50. The van der Waals surface area contributed by atoms with E-state index in [-0.39, 0.29) is 5.69 Å². The smallest absolute Gasteiger partial charge is 0.356 e. The van der Waals surface area contributed by atoms with Crippen LogP contribution in [0.3, 0.4) is 0 Å². The van der Waals surface area contributed by atoms with E-state index in [9.17, 15) is 4.79 Å². The van der Waals surface area contributed by atoms with Crippen molar-refractivity contribution in [3.8, 4) is 0 Å². The number of carbonyl (C=O) groups is 1. The van der Waals surface area contributed by atoms with E-state index in [2.05, 4.69) is 47.5 Å². The fraction of sp³-hybridized carbons (Fsp3) is 0.667. The van der Waals surface area contributed by atoms with Gasteiger partial charge in [-0.05, 0) is 19.0 Å². The second-order valence-corrected chi connectivity index (χ2v) is 5.43. The lowest BCUT2D eigenvalue weighted by Gasteiger charge is -2.28. The molecular formula is C15H26N4O2. The summed E-state index contributed by atoms with van der Waals surface area (Å²) in [6.45, 7) is 13.4. The lowest BCUT2D eigenvalue weighted by molar-refractivity contribution is 0.0690. The minimum Gasteiger partial charge on any atom is -0.476 e. The van der Waals surface area contributed by atoms with Gasteiger partial charge in [-0.1, -0.05) is 27.7 Å². The molecule has 0 spiro atoms. The van der Waals surface area contributed by atoms with Crippen LogP contribution in [-0.4, -0.2) is 58.7 Å². The Kier molecular flexibility index (Phi) is 7.08. The molecule has 118 valence electrons. The van der Waals surface area contributed by atoms with Crippen molar-refractivity contribution in [3.63, 3.8) is 0 Å². The van der Waals surface area contributed by atoms with Crippen LogP contribution in [0.2, 0.25) is 0 Å². The standard InChI is InChI=1S/C15H26N4O2/c1-5-18(6-2)7-8-19(11-12(3)4)14-10-16-13(9-17-14)15(20)21/h9-10,12H,5-8,11H2,1-4H3,(H,20,21). The zero-order chi connectivity index (χ0) is 15.8. The zero-order valence-corrected chi connectivity index (χ0v) is 13.4. The van der Waals surface area contributed by atoms with Crippen LogP contribution in [0.15, 0.2) is 12.4 Å². The predicted octanol–water partition coefficient (Wildman–Crippen LogP) is 1.98. The average molecular weight is 294 g/mol. The number of carboxylic acid groups (broad SMARTS) is 1. The Bertz CT molecular complexity index is 430. The van der Waals surface area contributed by atoms with Crippen LogP contribution in [0, 0.1) is 5.92 Å². The van der Waals surface area contributed by atoms with Crippen LogP contribution >= 0.6 is 0 Å². The molecule has 6 heteroatoms. The van der Waals surface area contributed by atoms with Crippen molar-refractivity contribution < 1.29 is 9.90 Å². The third kappa shape index (κ3) is 5.67. The maximum absolute atomic E-state index is 10.8. The maximum Gasteiger partial charge on any atom is 0.356 e. The Morgan fingerprint density at radius 2 is 1.86 bits per heavy atom. The molecule has 0 aliphatic rings. The summed E-state index contributed by atoms with van der Waals surface area (Å²) in [5.74, 6) is 0.191. The van der Waals surface area contributed by atoms with Gasteiger partial charge in [-0.3, -0.25) is 0 Å². The molecule has 0 saturated carbocycles. The number of likely N-dealkylation sites (N-methyl/N-ethyl adjacent to an activating group) is 1. The molecule has 0 atom stereocenters. The number of aromatic nitrogens is 2. The van der Waals surface area contributed by atoms with E-state index in [1.807, 2.05) is 0 Å². The van der Waals surface area contributed by atoms with E-state index < -0.39 is 5.97 Å². The Morgan fingerprint density at radius 3 is 2.29 bits per heavy atom. The molecule has 0 saturated heterocycles. The molecule has 0 unspecified atom stereocenters. The van der Waals surface area contributed by atoms with Gasteiger partial charge < -0.3 is 14.9 Å². The molecule has 0 fully saturated rings. The van der Waals surface area contributed by atoms with Crippen molar-refractivity contribution in [2.45, 2.75) is 27.7 Å². The molecular weight excluding hydrogens is 268 g/mol. The monoisotopic (exact) mass is 294 g/mol. The number of rotatable bonds is 9. The van der Waals surface area contributed by atoms with Gasteiger partial charge in [-0.2, -0.15) is 0 Å². The first-order chi connectivity index (χ1) is 9.97. The highest BCUT2D eigenvalue weighted by atomic mass is 16.4. The molecule has 6 nitrogen and oxygen atoms in total. The molecule has 0 aromatic carbocycles. The number of anilines is 1. The molecule has 1 rings (SSSR count). The molecule has 0 radical (unpaired) electrons. The van der Waals surface area contributed by atoms with Crippen LogP contribution in [0.5, 0.6) is 0 Å². The summed E-state index contributed by atoms with van der Waals surface area (Å²) in [5.41, 5.74) is -0.0213. The summed E-state index contributed by atoms with van der Waals surface area (Å²) < 4.78 is 0. The van der Waals surface area contributed by atoms with Crippen molar-refractivity contribution in [2.75, 3.05) is 37.6 Å². The first-order valence-corrected chi connectivity index (χ1v) is 7.50. The first kappa shape index (κ1) is 17.4. The van der Waals surface area contributed by atoms with Crippen LogP contribution in [-0.2, 0) is 0 Å². The van der Waals surface area contributed by atoms with Crippen molar-refractivity contribution in [2.24, 2.45) is 5.92 Å². The van der Waals surface area contributed by atoms with Gasteiger partial charge in [0, 0.05) is 19.6 Å². The van der Waals surface area contributed by atoms with E-state index in [0.717, 1.165) is 38.5 Å². The molecule has 0 aliphatic heterocycles. The van der Waals surface area contributed by atoms with E-state index in [0.29, 0.717) is 5.92 Å². The topological polar surface area (TPSA) is 69.6 Å². The van der Waals surface area contributed by atoms with Gasteiger partial charge in [0.05, 0.1) is 12.4 Å². The molecule has 0 aliphatic carbocycles. The number of aromatic carboxylic acids is 1. The Balaban J connectivity index is 2.78. The van der Waals surface area contributed by atoms with Crippen molar-refractivity contribution in [1.29, 1.82) is 0 Å². The molecule has 1 N–H and O–H groups in total. The highest BCUT2D eigenvalue weighted by molar-refractivity contribution is 5.84. The molecule has 1 aromatic heterocycles. The summed E-state index contributed by atoms with van der Waals surface area (Å²) in [5, 5.41) is 8.88. The van der Waals surface area contributed by atoms with Gasteiger partial charge in [0.15, 0.2) is 5.69 Å². The Labute approximate surface area is 126 Å². The Morgan fingerprint density at radius 1 is 1.19 bits per heavy atom. The largest absolute Gasteiger partial charge is 0.476 e. The summed E-state index contributed by atoms with van der Waals surface area (Å²) in [6.07, 6.45) is 2.87. The average Bonchev–Trinajstić information content (AvgIpc) is 2.46. The third-order valence-electron chi connectivity index (χ3n) is 3.35. The van der Waals surface area contributed by atoms with Gasteiger partial charge in [-0.15, -0.1) is 0 Å². The van der Waals surface area contributed by atoms with Crippen LogP contribution < -0.4 is 4.90 Å². The Hall–Kier alpha value is -1.69. The van der Waals surface area contributed by atoms with E-state index in [1.165, 1.54) is 6.20 Å². The van der Waals surface area contributed by atoms with Crippen molar-refractivity contribution in [3.05, 3.63) is 18.1 Å². The molecule has 21 heavy (non-hydrogen) atoms. The van der Waals surface area contributed by atoms with Gasteiger partial charge in [0.2, 0.25) is 0 Å². The maximum atomic E-state index is 10.8. The van der Waals surface area contributed by atoms with Gasteiger partial charge in [0.1, 0.15) is 5.82 Å². The lowest BCUT2D eigenvalue weighted by atomic mass is 10.2. The van der Waals surface area contributed by atoms with Crippen molar-refractivity contribution >= 4 is 11.8 Å². The third-order valence-corrected chi connectivity index (χ3v) is 3.35. The summed E-state index contributed by atoms with van der Waals surface area (Å²) in [7, 11) is 0. The van der Waals surface area contributed by atoms with Gasteiger partial charge in [0.25, 0.3) is 0 Å². The normalized spacial score (nSPS) is 11.1. The number of hydrogen-bond donors (Lipinski definition) is 1. The lowest BCUT2D eigenvalue weighted by Crippen LogP contribution is -2.37. The van der Waals surface area contributed by atoms with E-state index >= 15 is 0 Å². The molecule has 0 amide bonds. The summed E-state index contributed by atoms with van der Waals surface area (Å²) in [6, 6.07) is 0. The second-order valence-electron chi connectivity index (χ2n) is 5.43. The SMILES string of the molecule is CCN(CC)CCN(CC(C)C)c1cnc(C(=O)O)cn1. The second kappa shape index (κ2) is 8.56. The van der Waals surface area contributed by atoms with Gasteiger partial charge >= 0.3 is 5.97 Å². The fourth-order valence-electron chi connectivity index (χ4n) is 2.14. The summed E-state index contributed by atoms with van der Waals surface area (Å²) in [4.78, 5) is 23.6. The molecule has 1 aromatic rings. The minimum atomic E-state index is -1.05. The highest BCUT2D eigenvalue weighted by Gasteiger charge is 2.13. The predicted molar refractivity (Wildman–Crippen MR) is 83.8 cm³/mol. The van der Waals surface area contributed by atoms with Gasteiger partial charge in [-0.25, -0.2) is 14.8 Å². The quantitative estimate of drug-likeness (QED) is 0.751. The minimum absolute atomic E-state index is 0.0213. The highest BCUT2D eigenvalue weighted by Crippen LogP contribution is 2.12. The molecule has 0 bridgehead atoms. The number of carboxylic acids is 1. The van der Waals surface area contributed by atoms with E-state index in [1.54, 1.807) is 6.20 Å². The number of hydrogen-bond acceptors (Lipinski definition) is 5. The summed E-state index contributed by atoms with van der Waals surface area (Å²) >= 11 is 0. The van der Waals surface area contributed by atoms with E-state index in [4.69, 9.17) is 5.11 Å². The van der Waals surface area contributed by atoms with Crippen LogP contribution in [0.1, 0.15) is 38.2 Å². The van der Waals surface area contributed by atoms with Crippen LogP contribution in [0.4, 0.5) is 5.82 Å². The fourth-order valence-corrected chi connectivity index (χ4v) is 2.14. The zero-order valence-electron chi connectivity index (χ0n) is 13.4. The molecule has 1 heterocycles. The van der Waals surface area contributed by atoms with Crippen LogP contribution in [0.25, 0.3) is 0 Å². The van der Waals surface area contributed by atoms with Crippen molar-refractivity contribution in [1.82, 2.24) is 14.9 Å².